The van der Waals surface area contributed by atoms with E-state index in [2.05, 4.69) is 37.0 Å². The number of hydrogen-bond acceptors (Lipinski definition) is 3. The van der Waals surface area contributed by atoms with Crippen LogP contribution in [0.3, 0.4) is 0 Å². The SMILES string of the molecule is Cc1nc(C(N)c2cccc(C)c2C)cs1. The van der Waals surface area contributed by atoms with E-state index in [1.54, 1.807) is 11.3 Å². The average molecular weight is 232 g/mol. The summed E-state index contributed by atoms with van der Waals surface area (Å²) >= 11 is 1.65. The lowest BCUT2D eigenvalue weighted by Crippen LogP contribution is -2.14. The van der Waals surface area contributed by atoms with Gasteiger partial charge in [0.1, 0.15) is 0 Å². The Morgan fingerprint density at radius 2 is 2.00 bits per heavy atom. The first-order chi connectivity index (χ1) is 7.59. The van der Waals surface area contributed by atoms with Crippen molar-refractivity contribution in [1.29, 1.82) is 0 Å². The van der Waals surface area contributed by atoms with Crippen molar-refractivity contribution in [2.24, 2.45) is 5.73 Å². The summed E-state index contributed by atoms with van der Waals surface area (Å²) in [6.45, 7) is 6.23. The van der Waals surface area contributed by atoms with Crippen molar-refractivity contribution in [1.82, 2.24) is 4.98 Å². The van der Waals surface area contributed by atoms with Crippen LogP contribution in [0.15, 0.2) is 23.6 Å². The first-order valence-electron chi connectivity index (χ1n) is 5.33. The molecule has 0 aliphatic heterocycles. The molecule has 0 saturated heterocycles. The van der Waals surface area contributed by atoms with Crippen molar-refractivity contribution in [3.8, 4) is 0 Å². The quantitative estimate of drug-likeness (QED) is 0.864. The van der Waals surface area contributed by atoms with Gasteiger partial charge in [-0.2, -0.15) is 0 Å². The smallest absolute Gasteiger partial charge is 0.0898 e. The number of thiazole rings is 1. The van der Waals surface area contributed by atoms with Crippen LogP contribution in [0.2, 0.25) is 0 Å². The maximum Gasteiger partial charge on any atom is 0.0898 e. The minimum Gasteiger partial charge on any atom is -0.319 e. The van der Waals surface area contributed by atoms with E-state index in [9.17, 15) is 0 Å². The number of hydrogen-bond donors (Lipinski definition) is 1. The van der Waals surface area contributed by atoms with Crippen LogP contribution in [0.1, 0.15) is 33.4 Å². The molecule has 0 saturated carbocycles. The Hall–Kier alpha value is -1.19. The van der Waals surface area contributed by atoms with Gasteiger partial charge in [0.25, 0.3) is 0 Å². The van der Waals surface area contributed by atoms with Gasteiger partial charge in [-0.25, -0.2) is 4.98 Å². The van der Waals surface area contributed by atoms with Crippen LogP contribution in [-0.2, 0) is 0 Å². The van der Waals surface area contributed by atoms with Crippen molar-refractivity contribution in [3.05, 3.63) is 51.0 Å². The molecule has 1 heterocycles. The second kappa shape index (κ2) is 4.36. The summed E-state index contributed by atoms with van der Waals surface area (Å²) in [4.78, 5) is 4.45. The Morgan fingerprint density at radius 3 is 2.62 bits per heavy atom. The Balaban J connectivity index is 2.41. The topological polar surface area (TPSA) is 38.9 Å². The third-order valence-corrected chi connectivity index (χ3v) is 3.73. The van der Waals surface area contributed by atoms with E-state index in [0.29, 0.717) is 0 Å². The lowest BCUT2D eigenvalue weighted by molar-refractivity contribution is 0.824. The van der Waals surface area contributed by atoms with Crippen LogP contribution in [0.4, 0.5) is 0 Å². The van der Waals surface area contributed by atoms with Crippen molar-refractivity contribution in [2.45, 2.75) is 26.8 Å². The van der Waals surface area contributed by atoms with E-state index in [-0.39, 0.29) is 6.04 Å². The molecule has 16 heavy (non-hydrogen) atoms. The zero-order chi connectivity index (χ0) is 11.7. The van der Waals surface area contributed by atoms with Gasteiger partial charge in [-0.3, -0.25) is 0 Å². The fourth-order valence-electron chi connectivity index (χ4n) is 1.79. The van der Waals surface area contributed by atoms with E-state index < -0.39 is 0 Å². The standard InChI is InChI=1S/C13H16N2S/c1-8-5-4-6-11(9(8)2)13(14)12-7-16-10(3)15-12/h4-7,13H,14H2,1-3H3. The van der Waals surface area contributed by atoms with Crippen molar-refractivity contribution in [2.75, 3.05) is 0 Å². The average Bonchev–Trinajstić information content (AvgIpc) is 2.68. The first kappa shape index (κ1) is 11.3. The number of aromatic nitrogens is 1. The molecule has 1 unspecified atom stereocenters. The van der Waals surface area contributed by atoms with E-state index in [0.717, 1.165) is 10.7 Å². The molecule has 0 amide bonds. The third-order valence-electron chi connectivity index (χ3n) is 2.94. The molecule has 2 aromatic rings. The molecule has 1 atom stereocenters. The number of benzene rings is 1. The highest BCUT2D eigenvalue weighted by Crippen LogP contribution is 2.25. The monoisotopic (exact) mass is 232 g/mol. The highest BCUT2D eigenvalue weighted by Gasteiger charge is 2.14. The summed E-state index contributed by atoms with van der Waals surface area (Å²) in [6, 6.07) is 6.14. The fourth-order valence-corrected chi connectivity index (χ4v) is 2.44. The summed E-state index contributed by atoms with van der Waals surface area (Å²) in [7, 11) is 0. The molecule has 84 valence electrons. The number of nitrogens with zero attached hydrogens (tertiary/aromatic N) is 1. The van der Waals surface area contributed by atoms with Gasteiger partial charge in [0.15, 0.2) is 0 Å². The summed E-state index contributed by atoms with van der Waals surface area (Å²) in [5.41, 5.74) is 10.9. The van der Waals surface area contributed by atoms with Gasteiger partial charge in [0.05, 0.1) is 16.7 Å². The number of nitrogens with two attached hydrogens (primary N) is 1. The van der Waals surface area contributed by atoms with Gasteiger partial charge in [-0.1, -0.05) is 18.2 Å². The third kappa shape index (κ3) is 2.01. The molecule has 3 heteroatoms. The summed E-state index contributed by atoms with van der Waals surface area (Å²) < 4.78 is 0. The zero-order valence-corrected chi connectivity index (χ0v) is 10.6. The summed E-state index contributed by atoms with van der Waals surface area (Å²) in [5.74, 6) is 0. The molecular weight excluding hydrogens is 216 g/mol. The molecule has 1 aromatic heterocycles. The Kier molecular flexibility index (Phi) is 3.08. The van der Waals surface area contributed by atoms with E-state index >= 15 is 0 Å². The molecular formula is C13H16N2S. The molecule has 0 radical (unpaired) electrons. The van der Waals surface area contributed by atoms with Crippen LogP contribution in [0.25, 0.3) is 0 Å². The Labute approximate surface area is 100 Å². The van der Waals surface area contributed by atoms with E-state index in [4.69, 9.17) is 5.73 Å². The largest absolute Gasteiger partial charge is 0.319 e. The van der Waals surface area contributed by atoms with E-state index in [1.807, 2.05) is 12.3 Å². The van der Waals surface area contributed by atoms with Gasteiger partial charge >= 0.3 is 0 Å². The van der Waals surface area contributed by atoms with Crippen molar-refractivity contribution in [3.63, 3.8) is 0 Å². The minimum absolute atomic E-state index is 0.107. The number of rotatable bonds is 2. The van der Waals surface area contributed by atoms with Gasteiger partial charge < -0.3 is 5.73 Å². The van der Waals surface area contributed by atoms with Gasteiger partial charge in [0, 0.05) is 5.38 Å². The fraction of sp³-hybridized carbons (Fsp3) is 0.308. The van der Waals surface area contributed by atoms with Crippen LogP contribution in [0, 0.1) is 20.8 Å². The summed E-state index contributed by atoms with van der Waals surface area (Å²) in [5, 5.41) is 3.11. The normalized spacial score (nSPS) is 12.8. The zero-order valence-electron chi connectivity index (χ0n) is 9.82. The molecule has 1 aromatic carbocycles. The molecule has 0 aliphatic rings. The maximum absolute atomic E-state index is 6.24. The van der Waals surface area contributed by atoms with Crippen LogP contribution in [-0.4, -0.2) is 4.98 Å². The molecule has 0 spiro atoms. The van der Waals surface area contributed by atoms with Crippen LogP contribution in [0.5, 0.6) is 0 Å². The van der Waals surface area contributed by atoms with E-state index in [1.165, 1.54) is 16.7 Å². The lowest BCUT2D eigenvalue weighted by Gasteiger charge is -2.14. The maximum atomic E-state index is 6.24. The van der Waals surface area contributed by atoms with Crippen molar-refractivity contribution < 1.29 is 0 Å². The van der Waals surface area contributed by atoms with Crippen LogP contribution >= 0.6 is 11.3 Å². The minimum atomic E-state index is -0.107. The van der Waals surface area contributed by atoms with Gasteiger partial charge in [-0.15, -0.1) is 11.3 Å². The molecule has 2 nitrogen and oxygen atoms in total. The predicted molar refractivity (Wildman–Crippen MR) is 68.8 cm³/mol. The second-order valence-electron chi connectivity index (χ2n) is 4.06. The lowest BCUT2D eigenvalue weighted by atomic mass is 9.96. The second-order valence-corrected chi connectivity index (χ2v) is 5.12. The van der Waals surface area contributed by atoms with Gasteiger partial charge in [-0.05, 0) is 37.5 Å². The Bertz CT molecular complexity index is 502. The molecule has 2 rings (SSSR count). The molecule has 2 N–H and O–H groups in total. The first-order valence-corrected chi connectivity index (χ1v) is 6.21. The highest BCUT2D eigenvalue weighted by atomic mass is 32.1. The highest BCUT2D eigenvalue weighted by molar-refractivity contribution is 7.09. The molecule has 0 fully saturated rings. The van der Waals surface area contributed by atoms with Gasteiger partial charge in [0.2, 0.25) is 0 Å². The number of aryl methyl sites for hydroxylation is 2. The Morgan fingerprint density at radius 1 is 1.25 bits per heavy atom. The predicted octanol–water partition coefficient (Wildman–Crippen LogP) is 3.12. The van der Waals surface area contributed by atoms with Crippen molar-refractivity contribution >= 4 is 11.3 Å². The molecule has 0 aliphatic carbocycles. The summed E-state index contributed by atoms with van der Waals surface area (Å²) in [6.07, 6.45) is 0. The molecule has 0 bridgehead atoms. The van der Waals surface area contributed by atoms with Crippen LogP contribution < -0.4 is 5.73 Å².